The van der Waals surface area contributed by atoms with Gasteiger partial charge in [-0.3, -0.25) is 9.35 Å². The van der Waals surface area contributed by atoms with Gasteiger partial charge in [-0.2, -0.15) is 8.42 Å². The molecule has 5 N–H and O–H groups in total. The molecule has 2 aromatic rings. The quantitative estimate of drug-likeness (QED) is 0.270. The van der Waals surface area contributed by atoms with Crippen molar-refractivity contribution in [2.24, 2.45) is 5.73 Å². The number of carbonyl (C=O) groups excluding carboxylic acids is 2. The SMILES string of the molecule is CS(=O)(=O)O.C[C@@H](COC(=O)[C@H](N)Cc1ccc(O)c(O)c1)OC(=O)c1ccccc1. The van der Waals surface area contributed by atoms with Gasteiger partial charge in [0, 0.05) is 0 Å². The number of rotatable bonds is 7. The molecular formula is C20H25NO9S. The first-order chi connectivity index (χ1) is 14.4. The highest BCUT2D eigenvalue weighted by Crippen LogP contribution is 2.25. The summed E-state index contributed by atoms with van der Waals surface area (Å²) in [4.78, 5) is 23.9. The summed E-state index contributed by atoms with van der Waals surface area (Å²) < 4.78 is 36.1. The molecule has 0 amide bonds. The molecule has 0 radical (unpaired) electrons. The lowest BCUT2D eigenvalue weighted by molar-refractivity contribution is -0.148. The van der Waals surface area contributed by atoms with Crippen molar-refractivity contribution in [2.45, 2.75) is 25.5 Å². The van der Waals surface area contributed by atoms with Crippen LogP contribution in [0.25, 0.3) is 0 Å². The molecule has 0 spiro atoms. The van der Waals surface area contributed by atoms with E-state index in [1.807, 2.05) is 0 Å². The molecule has 11 heteroatoms. The number of ether oxygens (including phenoxy) is 2. The molecular weight excluding hydrogens is 430 g/mol. The van der Waals surface area contributed by atoms with Gasteiger partial charge in [-0.1, -0.05) is 24.3 Å². The smallest absolute Gasteiger partial charge is 0.338 e. The average Bonchev–Trinajstić information content (AvgIpc) is 2.68. The normalized spacial score (nSPS) is 12.6. The summed E-state index contributed by atoms with van der Waals surface area (Å²) in [5.41, 5.74) is 6.78. The third-order valence-corrected chi connectivity index (χ3v) is 3.58. The van der Waals surface area contributed by atoms with E-state index in [2.05, 4.69) is 0 Å². The van der Waals surface area contributed by atoms with Crippen LogP contribution in [-0.4, -0.2) is 60.1 Å². The molecule has 0 saturated carbocycles. The van der Waals surface area contributed by atoms with Gasteiger partial charge < -0.3 is 25.4 Å². The number of hydrogen-bond donors (Lipinski definition) is 4. The second-order valence-electron chi connectivity index (χ2n) is 6.58. The Hall–Kier alpha value is -3.15. The fourth-order valence-electron chi connectivity index (χ4n) is 2.20. The van der Waals surface area contributed by atoms with Crippen LogP contribution < -0.4 is 5.73 Å². The van der Waals surface area contributed by atoms with Gasteiger partial charge in [-0.15, -0.1) is 0 Å². The zero-order chi connectivity index (χ0) is 23.6. The number of nitrogens with two attached hydrogens (primary N) is 1. The summed E-state index contributed by atoms with van der Waals surface area (Å²) >= 11 is 0. The minimum absolute atomic E-state index is 0.119. The number of esters is 2. The van der Waals surface area contributed by atoms with Crippen LogP contribution in [0, 0.1) is 0 Å². The molecule has 0 aliphatic heterocycles. The van der Waals surface area contributed by atoms with E-state index in [0.29, 0.717) is 17.4 Å². The van der Waals surface area contributed by atoms with E-state index in [9.17, 15) is 28.2 Å². The Balaban J connectivity index is 0.000000861. The lowest BCUT2D eigenvalue weighted by atomic mass is 10.1. The zero-order valence-corrected chi connectivity index (χ0v) is 17.8. The van der Waals surface area contributed by atoms with Crippen LogP contribution in [0.1, 0.15) is 22.8 Å². The molecule has 10 nitrogen and oxygen atoms in total. The Labute approximate surface area is 180 Å². The fraction of sp³-hybridized carbons (Fsp3) is 0.300. The van der Waals surface area contributed by atoms with Crippen molar-refractivity contribution in [3.05, 3.63) is 59.7 Å². The highest BCUT2D eigenvalue weighted by molar-refractivity contribution is 7.85. The van der Waals surface area contributed by atoms with Gasteiger partial charge >= 0.3 is 11.9 Å². The van der Waals surface area contributed by atoms with Crippen LogP contribution >= 0.6 is 0 Å². The van der Waals surface area contributed by atoms with Gasteiger partial charge in [0.25, 0.3) is 10.1 Å². The molecule has 0 heterocycles. The summed E-state index contributed by atoms with van der Waals surface area (Å²) in [6.07, 6.45) is 0.217. The topological polar surface area (TPSA) is 173 Å². The second-order valence-corrected chi connectivity index (χ2v) is 8.04. The molecule has 0 aromatic heterocycles. The molecule has 0 unspecified atom stereocenters. The van der Waals surface area contributed by atoms with Crippen molar-refractivity contribution in [3.8, 4) is 11.5 Å². The summed E-state index contributed by atoms with van der Waals surface area (Å²) in [5.74, 6) is -1.69. The molecule has 31 heavy (non-hydrogen) atoms. The van der Waals surface area contributed by atoms with Gasteiger partial charge in [0.05, 0.1) is 11.8 Å². The maximum Gasteiger partial charge on any atom is 0.338 e. The summed E-state index contributed by atoms with van der Waals surface area (Å²) in [5, 5.41) is 18.7. The molecule has 0 saturated heterocycles. The first-order valence-corrected chi connectivity index (χ1v) is 10.8. The van der Waals surface area contributed by atoms with Crippen LogP contribution in [0.15, 0.2) is 48.5 Å². The number of carbonyl (C=O) groups is 2. The van der Waals surface area contributed by atoms with E-state index >= 15 is 0 Å². The number of phenols is 2. The van der Waals surface area contributed by atoms with Crippen molar-refractivity contribution in [1.82, 2.24) is 0 Å². The van der Waals surface area contributed by atoms with E-state index in [-0.39, 0.29) is 24.5 Å². The molecule has 0 aliphatic rings. The molecule has 0 aliphatic carbocycles. The third kappa shape index (κ3) is 11.0. The largest absolute Gasteiger partial charge is 0.504 e. The van der Waals surface area contributed by atoms with E-state index in [4.69, 9.17) is 19.8 Å². The van der Waals surface area contributed by atoms with Crippen LogP contribution in [0.3, 0.4) is 0 Å². The standard InChI is InChI=1S/C19H21NO6.CH4O3S/c1-12(26-18(23)14-5-3-2-4-6-14)11-25-19(24)15(20)9-13-7-8-16(21)17(22)10-13;1-5(2,3)4/h2-8,10,12,15,21-22H,9,11,20H2,1H3;1H3,(H,2,3,4)/t12-,15+;/m0./s1. The van der Waals surface area contributed by atoms with Gasteiger partial charge in [0.1, 0.15) is 18.8 Å². The van der Waals surface area contributed by atoms with Gasteiger partial charge in [-0.25, -0.2) is 4.79 Å². The fourth-order valence-corrected chi connectivity index (χ4v) is 2.20. The molecule has 0 bridgehead atoms. The molecule has 2 aromatic carbocycles. The van der Waals surface area contributed by atoms with E-state index in [1.54, 1.807) is 43.3 Å². The lowest BCUT2D eigenvalue weighted by Crippen LogP contribution is -2.36. The Morgan fingerprint density at radius 2 is 1.65 bits per heavy atom. The summed E-state index contributed by atoms with van der Waals surface area (Å²) in [6, 6.07) is 11.7. The monoisotopic (exact) mass is 455 g/mol. The predicted octanol–water partition coefficient (Wildman–Crippen LogP) is 1.26. The number of phenolic OH excluding ortho intramolecular Hbond substituents is 2. The van der Waals surface area contributed by atoms with Crippen molar-refractivity contribution in [3.63, 3.8) is 0 Å². The molecule has 2 rings (SSSR count). The number of aromatic hydroxyl groups is 2. The van der Waals surface area contributed by atoms with Crippen molar-refractivity contribution in [2.75, 3.05) is 12.9 Å². The minimum Gasteiger partial charge on any atom is -0.504 e. The highest BCUT2D eigenvalue weighted by Gasteiger charge is 2.19. The average molecular weight is 455 g/mol. The van der Waals surface area contributed by atoms with Gasteiger partial charge in [0.2, 0.25) is 0 Å². The van der Waals surface area contributed by atoms with E-state index < -0.39 is 34.2 Å². The van der Waals surface area contributed by atoms with Gasteiger partial charge in [-0.05, 0) is 43.2 Å². The second kappa shape index (κ2) is 11.9. The van der Waals surface area contributed by atoms with Crippen molar-refractivity contribution in [1.29, 1.82) is 0 Å². The maximum atomic E-state index is 12.0. The van der Waals surface area contributed by atoms with Crippen LogP contribution in [0.5, 0.6) is 11.5 Å². The minimum atomic E-state index is -3.67. The Bertz CT molecular complexity index is 969. The molecule has 2 atom stereocenters. The lowest BCUT2D eigenvalue weighted by Gasteiger charge is -2.16. The Kier molecular flexibility index (Phi) is 9.93. The Morgan fingerprint density at radius 1 is 1.06 bits per heavy atom. The van der Waals surface area contributed by atoms with E-state index in [0.717, 1.165) is 0 Å². The zero-order valence-electron chi connectivity index (χ0n) is 17.0. The van der Waals surface area contributed by atoms with E-state index in [1.165, 1.54) is 12.1 Å². The first-order valence-electron chi connectivity index (χ1n) is 8.98. The van der Waals surface area contributed by atoms with Crippen molar-refractivity contribution < 1.29 is 42.2 Å². The molecule has 170 valence electrons. The first kappa shape index (κ1) is 25.9. The Morgan fingerprint density at radius 3 is 2.19 bits per heavy atom. The summed E-state index contributed by atoms with van der Waals surface area (Å²) in [7, 11) is -3.67. The summed E-state index contributed by atoms with van der Waals surface area (Å²) in [6.45, 7) is 1.49. The third-order valence-electron chi connectivity index (χ3n) is 3.58. The highest BCUT2D eigenvalue weighted by atomic mass is 32.2. The predicted molar refractivity (Wildman–Crippen MR) is 111 cm³/mol. The number of benzene rings is 2. The van der Waals surface area contributed by atoms with Crippen LogP contribution in [-0.2, 0) is 30.8 Å². The number of hydrogen-bond acceptors (Lipinski definition) is 9. The maximum absolute atomic E-state index is 12.0. The van der Waals surface area contributed by atoms with Crippen molar-refractivity contribution >= 4 is 22.1 Å². The molecule has 0 fully saturated rings. The van der Waals surface area contributed by atoms with Crippen LogP contribution in [0.2, 0.25) is 0 Å². The van der Waals surface area contributed by atoms with Gasteiger partial charge in [0.15, 0.2) is 11.5 Å². The van der Waals surface area contributed by atoms with Crippen LogP contribution in [0.4, 0.5) is 0 Å².